The summed E-state index contributed by atoms with van der Waals surface area (Å²) in [4.78, 5) is 16.3. The summed E-state index contributed by atoms with van der Waals surface area (Å²) in [7, 11) is 0. The molecule has 1 heterocycles. The van der Waals surface area contributed by atoms with Crippen molar-refractivity contribution in [1.82, 2.24) is 4.98 Å². The quantitative estimate of drug-likeness (QED) is 0.468. The second-order valence-electron chi connectivity index (χ2n) is 3.53. The standard InChI is InChI=1S/C12H6BrI3N2O/c13-7-2-1-3-17-10(7)12(19)18-11-8(15)4-6(14)5-9(11)16/h1-5H,(H,18,19). The number of anilines is 1. The smallest absolute Gasteiger partial charge is 0.275 e. The molecule has 1 N–H and O–H groups in total. The van der Waals surface area contributed by atoms with Crippen molar-refractivity contribution >= 4 is 95.3 Å². The first kappa shape index (κ1) is 15.9. The van der Waals surface area contributed by atoms with E-state index >= 15 is 0 Å². The Morgan fingerprint density at radius 3 is 2.42 bits per heavy atom. The third kappa shape index (κ3) is 4.00. The summed E-state index contributed by atoms with van der Waals surface area (Å²) in [6, 6.07) is 7.61. The van der Waals surface area contributed by atoms with Crippen molar-refractivity contribution in [3.8, 4) is 0 Å². The number of amides is 1. The number of carbonyl (C=O) groups excluding carboxylic acids is 1. The minimum atomic E-state index is -0.218. The lowest BCUT2D eigenvalue weighted by Crippen LogP contribution is -2.16. The molecule has 2 rings (SSSR count). The van der Waals surface area contributed by atoms with Gasteiger partial charge in [-0.05, 0) is 108 Å². The lowest BCUT2D eigenvalue weighted by Gasteiger charge is -2.10. The van der Waals surface area contributed by atoms with Gasteiger partial charge in [0.15, 0.2) is 0 Å². The van der Waals surface area contributed by atoms with Gasteiger partial charge in [-0.1, -0.05) is 0 Å². The van der Waals surface area contributed by atoms with Crippen molar-refractivity contribution in [3.63, 3.8) is 0 Å². The Kier molecular flexibility index (Phi) is 5.84. The molecule has 1 aromatic carbocycles. The molecule has 0 atom stereocenters. The maximum atomic E-state index is 12.2. The van der Waals surface area contributed by atoms with E-state index in [0.717, 1.165) is 16.4 Å². The first-order valence-electron chi connectivity index (χ1n) is 5.05. The number of halogens is 4. The van der Waals surface area contributed by atoms with Gasteiger partial charge in [-0.2, -0.15) is 0 Å². The first-order valence-corrected chi connectivity index (χ1v) is 9.08. The molecule has 1 amide bonds. The molecule has 0 spiro atoms. The number of hydrogen-bond donors (Lipinski definition) is 1. The normalized spacial score (nSPS) is 10.3. The lowest BCUT2D eigenvalue weighted by molar-refractivity contribution is 0.102. The van der Waals surface area contributed by atoms with Gasteiger partial charge >= 0.3 is 0 Å². The summed E-state index contributed by atoms with van der Waals surface area (Å²) in [5, 5.41) is 2.91. The van der Waals surface area contributed by atoms with Crippen LogP contribution in [0.15, 0.2) is 34.9 Å². The Morgan fingerprint density at radius 2 is 1.84 bits per heavy atom. The average molecular weight is 655 g/mol. The predicted octanol–water partition coefficient (Wildman–Crippen LogP) is 4.91. The second-order valence-corrected chi connectivity index (χ2v) is 7.96. The van der Waals surface area contributed by atoms with Gasteiger partial charge in [0.1, 0.15) is 5.69 Å². The fraction of sp³-hybridized carbons (Fsp3) is 0. The minimum absolute atomic E-state index is 0.218. The Bertz CT molecular complexity index is 626. The topological polar surface area (TPSA) is 42.0 Å². The number of pyridine rings is 1. The van der Waals surface area contributed by atoms with E-state index in [1.165, 1.54) is 0 Å². The van der Waals surface area contributed by atoms with Crippen LogP contribution < -0.4 is 5.32 Å². The third-order valence-electron chi connectivity index (χ3n) is 2.22. The van der Waals surface area contributed by atoms with Gasteiger partial charge in [-0.3, -0.25) is 4.79 Å². The van der Waals surface area contributed by atoms with E-state index in [1.54, 1.807) is 18.3 Å². The molecule has 0 saturated heterocycles. The van der Waals surface area contributed by atoms with Gasteiger partial charge < -0.3 is 5.32 Å². The molecule has 98 valence electrons. The molecule has 0 fully saturated rings. The van der Waals surface area contributed by atoms with E-state index in [1.807, 2.05) is 12.1 Å². The van der Waals surface area contributed by atoms with Crippen LogP contribution in [0.3, 0.4) is 0 Å². The van der Waals surface area contributed by atoms with Crippen molar-refractivity contribution in [1.29, 1.82) is 0 Å². The van der Waals surface area contributed by atoms with Gasteiger partial charge in [-0.25, -0.2) is 4.98 Å². The van der Waals surface area contributed by atoms with Crippen LogP contribution in [0.1, 0.15) is 10.5 Å². The highest BCUT2D eigenvalue weighted by atomic mass is 127. The van der Waals surface area contributed by atoms with Crippen molar-refractivity contribution in [2.45, 2.75) is 0 Å². The largest absolute Gasteiger partial charge is 0.319 e. The van der Waals surface area contributed by atoms with Crippen molar-refractivity contribution in [3.05, 3.63) is 51.3 Å². The zero-order valence-electron chi connectivity index (χ0n) is 9.25. The van der Waals surface area contributed by atoms with Crippen molar-refractivity contribution in [2.24, 2.45) is 0 Å². The van der Waals surface area contributed by atoms with Gasteiger partial charge in [0.05, 0.1) is 5.69 Å². The minimum Gasteiger partial charge on any atom is -0.319 e. The van der Waals surface area contributed by atoms with E-state index in [0.29, 0.717) is 10.2 Å². The SMILES string of the molecule is O=C(Nc1c(I)cc(I)cc1I)c1ncccc1Br. The maximum Gasteiger partial charge on any atom is 0.275 e. The molecule has 2 aromatic rings. The van der Waals surface area contributed by atoms with E-state index in [-0.39, 0.29) is 5.91 Å². The molecule has 0 aliphatic carbocycles. The fourth-order valence-corrected chi connectivity index (χ4v) is 5.67. The third-order valence-corrected chi connectivity index (χ3v) is 5.18. The molecule has 1 aromatic heterocycles. The highest BCUT2D eigenvalue weighted by Crippen LogP contribution is 2.28. The molecule has 0 saturated carbocycles. The van der Waals surface area contributed by atoms with Crippen molar-refractivity contribution in [2.75, 3.05) is 5.32 Å². The van der Waals surface area contributed by atoms with Crippen LogP contribution in [-0.2, 0) is 0 Å². The number of rotatable bonds is 2. The van der Waals surface area contributed by atoms with Crippen LogP contribution in [0.2, 0.25) is 0 Å². The molecule has 3 nitrogen and oxygen atoms in total. The molecule has 0 bridgehead atoms. The summed E-state index contributed by atoms with van der Waals surface area (Å²) < 4.78 is 3.84. The number of benzene rings is 1. The highest BCUT2D eigenvalue weighted by molar-refractivity contribution is 14.1. The van der Waals surface area contributed by atoms with Crippen LogP contribution >= 0.6 is 83.7 Å². The van der Waals surface area contributed by atoms with Crippen molar-refractivity contribution < 1.29 is 4.79 Å². The maximum absolute atomic E-state index is 12.2. The summed E-state index contributed by atoms with van der Waals surface area (Å²) in [5.41, 5.74) is 1.21. The molecule has 0 radical (unpaired) electrons. The Labute approximate surface area is 159 Å². The van der Waals surface area contributed by atoms with Crippen LogP contribution in [0.25, 0.3) is 0 Å². The molecule has 0 aliphatic rings. The Balaban J connectivity index is 2.32. The van der Waals surface area contributed by atoms with E-state index in [9.17, 15) is 4.79 Å². The van der Waals surface area contributed by atoms with Crippen LogP contribution in [-0.4, -0.2) is 10.9 Å². The zero-order valence-corrected chi connectivity index (χ0v) is 17.3. The number of nitrogens with zero attached hydrogens (tertiary/aromatic N) is 1. The zero-order chi connectivity index (χ0) is 14.0. The molecular weight excluding hydrogens is 649 g/mol. The van der Waals surface area contributed by atoms with Gasteiger partial charge in [0, 0.05) is 21.4 Å². The molecular formula is C12H6BrI3N2O. The Morgan fingerprint density at radius 1 is 1.21 bits per heavy atom. The number of aromatic nitrogens is 1. The highest BCUT2D eigenvalue weighted by Gasteiger charge is 2.15. The summed E-state index contributed by atoms with van der Waals surface area (Å²) in [6.45, 7) is 0. The Hall–Kier alpha value is 0.510. The fourth-order valence-electron chi connectivity index (χ4n) is 1.39. The summed E-state index contributed by atoms with van der Waals surface area (Å²) in [5.74, 6) is -0.218. The van der Waals surface area contributed by atoms with Gasteiger partial charge in [0.2, 0.25) is 0 Å². The molecule has 7 heteroatoms. The van der Waals surface area contributed by atoms with Crippen LogP contribution in [0.4, 0.5) is 5.69 Å². The average Bonchev–Trinajstić information content (AvgIpc) is 2.34. The van der Waals surface area contributed by atoms with Gasteiger partial charge in [0.25, 0.3) is 5.91 Å². The van der Waals surface area contributed by atoms with E-state index < -0.39 is 0 Å². The second kappa shape index (κ2) is 6.98. The number of nitrogens with one attached hydrogen (secondary N) is 1. The monoisotopic (exact) mass is 654 g/mol. The molecule has 0 aliphatic heterocycles. The molecule has 19 heavy (non-hydrogen) atoms. The first-order chi connectivity index (χ1) is 8.99. The van der Waals surface area contributed by atoms with Gasteiger partial charge in [-0.15, -0.1) is 0 Å². The number of carbonyl (C=O) groups is 1. The lowest BCUT2D eigenvalue weighted by atomic mass is 10.3. The van der Waals surface area contributed by atoms with Crippen LogP contribution in [0.5, 0.6) is 0 Å². The summed E-state index contributed by atoms with van der Waals surface area (Å²) in [6.07, 6.45) is 1.60. The summed E-state index contributed by atoms with van der Waals surface area (Å²) >= 11 is 10.0. The van der Waals surface area contributed by atoms with E-state index in [2.05, 4.69) is 94.0 Å². The van der Waals surface area contributed by atoms with Crippen LogP contribution in [0, 0.1) is 10.7 Å². The number of hydrogen-bond acceptors (Lipinski definition) is 2. The predicted molar refractivity (Wildman–Crippen MR) is 104 cm³/mol. The van der Waals surface area contributed by atoms with E-state index in [4.69, 9.17) is 0 Å². The molecule has 0 unspecified atom stereocenters.